The molecule has 0 aliphatic heterocycles. The van der Waals surface area contributed by atoms with Crippen LogP contribution in [0.1, 0.15) is 16.1 Å². The fourth-order valence-electron chi connectivity index (χ4n) is 1.85. The van der Waals surface area contributed by atoms with Crippen LogP contribution in [0, 0.1) is 6.92 Å². The Morgan fingerprint density at radius 1 is 1.22 bits per heavy atom. The van der Waals surface area contributed by atoms with Gasteiger partial charge in [0.15, 0.2) is 10.3 Å². The Morgan fingerprint density at radius 3 is 2.65 bits per heavy atom. The molecule has 10 heteroatoms. The number of carbonyl (C=O) groups excluding carboxylic acids is 1. The first kappa shape index (κ1) is 15.8. The van der Waals surface area contributed by atoms with E-state index in [0.717, 1.165) is 16.6 Å². The highest BCUT2D eigenvalue weighted by molar-refractivity contribution is 7.92. The molecule has 0 atom stereocenters. The van der Waals surface area contributed by atoms with Crippen LogP contribution in [-0.2, 0) is 10.0 Å². The van der Waals surface area contributed by atoms with Gasteiger partial charge in [-0.05, 0) is 25.1 Å². The van der Waals surface area contributed by atoms with Crippen LogP contribution in [0.15, 0.2) is 23.6 Å². The molecule has 3 rings (SSSR count). The van der Waals surface area contributed by atoms with E-state index in [1.54, 1.807) is 18.2 Å². The van der Waals surface area contributed by atoms with Gasteiger partial charge in [-0.2, -0.15) is 0 Å². The van der Waals surface area contributed by atoms with Crippen LogP contribution >= 0.6 is 22.7 Å². The van der Waals surface area contributed by atoms with Gasteiger partial charge in [0.2, 0.25) is 10.0 Å². The van der Waals surface area contributed by atoms with E-state index in [9.17, 15) is 13.2 Å². The Labute approximate surface area is 140 Å². The van der Waals surface area contributed by atoms with Crippen molar-refractivity contribution in [2.24, 2.45) is 0 Å². The summed E-state index contributed by atoms with van der Waals surface area (Å²) in [4.78, 5) is 20.6. The first-order valence-corrected chi connectivity index (χ1v) is 10.0. The van der Waals surface area contributed by atoms with Crippen LogP contribution in [0.4, 0.5) is 10.3 Å². The normalized spacial score (nSPS) is 11.6. The summed E-state index contributed by atoms with van der Waals surface area (Å²) in [5.41, 5.74) is 1.93. The fourth-order valence-corrected chi connectivity index (χ4v) is 4.27. The van der Waals surface area contributed by atoms with Gasteiger partial charge in [-0.15, -0.1) is 11.3 Å². The van der Waals surface area contributed by atoms with Crippen molar-refractivity contribution < 1.29 is 13.2 Å². The number of benzene rings is 1. The molecule has 2 heterocycles. The van der Waals surface area contributed by atoms with Gasteiger partial charge in [-0.3, -0.25) is 14.8 Å². The molecule has 0 aliphatic carbocycles. The molecule has 2 aromatic heterocycles. The van der Waals surface area contributed by atoms with Gasteiger partial charge in [0, 0.05) is 10.9 Å². The van der Waals surface area contributed by atoms with Crippen molar-refractivity contribution in [3.63, 3.8) is 0 Å². The molecule has 23 heavy (non-hydrogen) atoms. The molecule has 1 aromatic carbocycles. The summed E-state index contributed by atoms with van der Waals surface area (Å²) >= 11 is 2.53. The molecule has 0 fully saturated rings. The molecule has 7 nitrogen and oxygen atoms in total. The number of anilines is 2. The van der Waals surface area contributed by atoms with Crippen molar-refractivity contribution in [1.29, 1.82) is 0 Å². The summed E-state index contributed by atoms with van der Waals surface area (Å²) in [5.74, 6) is -0.271. The first-order valence-electron chi connectivity index (χ1n) is 6.42. The van der Waals surface area contributed by atoms with E-state index < -0.39 is 10.0 Å². The molecule has 0 aliphatic rings. The van der Waals surface area contributed by atoms with Crippen LogP contribution in [-0.4, -0.2) is 30.5 Å². The second kappa shape index (κ2) is 5.87. The highest BCUT2D eigenvalue weighted by Crippen LogP contribution is 2.27. The van der Waals surface area contributed by atoms with Crippen LogP contribution < -0.4 is 10.0 Å². The zero-order valence-corrected chi connectivity index (χ0v) is 14.6. The number of sulfonamides is 1. The van der Waals surface area contributed by atoms with Crippen molar-refractivity contribution in [3.8, 4) is 0 Å². The minimum Gasteiger partial charge on any atom is -0.298 e. The van der Waals surface area contributed by atoms with E-state index in [-0.39, 0.29) is 11.0 Å². The first-order chi connectivity index (χ1) is 10.8. The topological polar surface area (TPSA) is 101 Å². The molecule has 0 radical (unpaired) electrons. The molecular formula is C13H12N4O3S3. The number of hydrogen-bond donors (Lipinski definition) is 2. The summed E-state index contributed by atoms with van der Waals surface area (Å²) in [6.07, 6.45) is 1.06. The maximum atomic E-state index is 12.2. The highest BCUT2D eigenvalue weighted by atomic mass is 32.2. The second-order valence-electron chi connectivity index (χ2n) is 4.82. The average molecular weight is 368 g/mol. The Morgan fingerprint density at radius 2 is 2.00 bits per heavy atom. The minimum atomic E-state index is -3.38. The van der Waals surface area contributed by atoms with E-state index in [4.69, 9.17) is 0 Å². The number of fused-ring (bicyclic) bond motifs is 1. The number of nitrogens with one attached hydrogen (secondary N) is 2. The lowest BCUT2D eigenvalue weighted by Gasteiger charge is -2.01. The largest absolute Gasteiger partial charge is 0.298 e. The maximum absolute atomic E-state index is 12.2. The van der Waals surface area contributed by atoms with Crippen LogP contribution in [0.3, 0.4) is 0 Å². The summed E-state index contributed by atoms with van der Waals surface area (Å²) in [7, 11) is -3.38. The smallest absolute Gasteiger partial charge is 0.257 e. The number of carbonyl (C=O) groups is 1. The predicted octanol–water partition coefficient (Wildman–Crippen LogP) is 2.69. The quantitative estimate of drug-likeness (QED) is 0.737. The molecule has 0 bridgehead atoms. The average Bonchev–Trinajstić information content (AvgIpc) is 3.01. The van der Waals surface area contributed by atoms with Crippen molar-refractivity contribution in [1.82, 2.24) is 9.97 Å². The third-order valence-corrected chi connectivity index (χ3v) is 5.27. The van der Waals surface area contributed by atoms with Gasteiger partial charge >= 0.3 is 0 Å². The summed E-state index contributed by atoms with van der Waals surface area (Å²) < 4.78 is 25.5. The summed E-state index contributed by atoms with van der Waals surface area (Å²) in [6.45, 7) is 1.85. The van der Waals surface area contributed by atoms with Gasteiger partial charge < -0.3 is 0 Å². The Balaban J connectivity index is 1.85. The van der Waals surface area contributed by atoms with E-state index in [1.807, 2.05) is 12.3 Å². The van der Waals surface area contributed by atoms with Crippen LogP contribution in [0.5, 0.6) is 0 Å². The van der Waals surface area contributed by atoms with Gasteiger partial charge in [-0.25, -0.2) is 18.4 Å². The van der Waals surface area contributed by atoms with Gasteiger partial charge in [-0.1, -0.05) is 11.3 Å². The molecule has 0 spiro atoms. The number of rotatable bonds is 4. The van der Waals surface area contributed by atoms with E-state index in [0.29, 0.717) is 16.2 Å². The monoisotopic (exact) mass is 368 g/mol. The molecule has 2 N–H and O–H groups in total. The van der Waals surface area contributed by atoms with Crippen molar-refractivity contribution in [2.75, 3.05) is 16.3 Å². The van der Waals surface area contributed by atoms with Gasteiger partial charge in [0.25, 0.3) is 5.91 Å². The highest BCUT2D eigenvalue weighted by Gasteiger charge is 2.12. The minimum absolute atomic E-state index is 0.271. The molecule has 1 amide bonds. The molecule has 3 aromatic rings. The molecule has 120 valence electrons. The molecular weight excluding hydrogens is 356 g/mol. The lowest BCUT2D eigenvalue weighted by Crippen LogP contribution is -2.11. The number of amides is 1. The van der Waals surface area contributed by atoms with Crippen molar-refractivity contribution in [2.45, 2.75) is 6.92 Å². The summed E-state index contributed by atoms with van der Waals surface area (Å²) in [6, 6.07) is 5.00. The van der Waals surface area contributed by atoms with Crippen LogP contribution in [0.2, 0.25) is 0 Å². The second-order valence-corrected chi connectivity index (χ2v) is 8.46. The van der Waals surface area contributed by atoms with E-state index >= 15 is 0 Å². The third kappa shape index (κ3) is 3.84. The Hall–Kier alpha value is -2.04. The zero-order valence-electron chi connectivity index (χ0n) is 12.2. The molecule has 0 unspecified atom stereocenters. The number of aromatic nitrogens is 2. The van der Waals surface area contributed by atoms with Crippen molar-refractivity contribution in [3.05, 3.63) is 34.8 Å². The van der Waals surface area contributed by atoms with Crippen molar-refractivity contribution >= 4 is 59.1 Å². The van der Waals surface area contributed by atoms with Crippen LogP contribution in [0.25, 0.3) is 10.2 Å². The van der Waals surface area contributed by atoms with E-state index in [2.05, 4.69) is 20.0 Å². The predicted molar refractivity (Wildman–Crippen MR) is 92.9 cm³/mol. The fraction of sp³-hybridized carbons (Fsp3) is 0.154. The number of nitrogens with zero attached hydrogens (tertiary/aromatic N) is 2. The van der Waals surface area contributed by atoms with Gasteiger partial charge in [0.05, 0.1) is 22.2 Å². The standard InChI is InChI=1S/C13H12N4O3S3/c1-7-6-21-12(14-7)16-11(18)8-3-4-9-10(5-8)22-13(15-9)17-23(2,19)20/h3-6H,1-2H3,(H,15,17)(H,14,16,18). The maximum Gasteiger partial charge on any atom is 0.257 e. The van der Waals surface area contributed by atoms with Gasteiger partial charge in [0.1, 0.15) is 0 Å². The Kier molecular flexibility index (Phi) is 4.04. The number of aryl methyl sites for hydroxylation is 1. The number of thiazole rings is 2. The lowest BCUT2D eigenvalue weighted by atomic mass is 10.2. The molecule has 0 saturated heterocycles. The van der Waals surface area contributed by atoms with E-state index in [1.165, 1.54) is 22.7 Å². The zero-order chi connectivity index (χ0) is 16.6. The lowest BCUT2D eigenvalue weighted by molar-refractivity contribution is 0.102. The SMILES string of the molecule is Cc1csc(NC(=O)c2ccc3nc(NS(C)(=O)=O)sc3c2)n1. The molecule has 0 saturated carbocycles. The summed E-state index contributed by atoms with van der Waals surface area (Å²) in [5, 5.41) is 5.39. The Bertz CT molecular complexity index is 991. The number of hydrogen-bond acceptors (Lipinski definition) is 7. The third-order valence-electron chi connectivity index (χ3n) is 2.76.